The molecule has 1 saturated heterocycles. The summed E-state index contributed by atoms with van der Waals surface area (Å²) in [4.78, 5) is 10.6. The first kappa shape index (κ1) is 12.5. The van der Waals surface area contributed by atoms with E-state index in [2.05, 4.69) is 9.47 Å². The smallest absolute Gasteiger partial charge is 0.430 e. The van der Waals surface area contributed by atoms with Crippen molar-refractivity contribution in [2.24, 2.45) is 0 Å². The zero-order chi connectivity index (χ0) is 11.7. The van der Waals surface area contributed by atoms with Gasteiger partial charge in [-0.3, -0.25) is 0 Å². The zero-order valence-electron chi connectivity index (χ0n) is 8.85. The fourth-order valence-corrected chi connectivity index (χ4v) is 5.03. The first-order valence-corrected chi connectivity index (χ1v) is 9.43. The molecule has 15 heavy (non-hydrogen) atoms. The van der Waals surface area contributed by atoms with Crippen molar-refractivity contribution >= 4 is 24.6 Å². The molecule has 0 radical (unpaired) electrons. The van der Waals surface area contributed by atoms with Crippen LogP contribution in [-0.4, -0.2) is 41.4 Å². The second kappa shape index (κ2) is 4.10. The second-order valence-corrected chi connectivity index (χ2v) is 10.6. The summed E-state index contributed by atoms with van der Waals surface area (Å²) in [6.45, 7) is 5.26. The van der Waals surface area contributed by atoms with Crippen molar-refractivity contribution in [3.8, 4) is 0 Å². The van der Waals surface area contributed by atoms with Gasteiger partial charge in [-0.1, -0.05) is 0 Å². The molecular weight excluding hydrogens is 240 g/mol. The lowest BCUT2D eigenvalue weighted by molar-refractivity contribution is 0.122. The van der Waals surface area contributed by atoms with Crippen LogP contribution in [0.15, 0.2) is 0 Å². The molecule has 1 rings (SSSR count). The Balaban J connectivity index is 2.54. The fraction of sp³-hybridized carbons (Fsp3) is 0.857. The summed E-state index contributed by atoms with van der Waals surface area (Å²) in [7, 11) is -5.79. The molecule has 1 fully saturated rings. The standard InChI is InChI=1S/C7H14O6SSi/c1-15(2,3)13-14(9,10)5-6-4-11-7(8)12-6/h6H,4-5H2,1-3H3. The third kappa shape index (κ3) is 4.63. The van der Waals surface area contributed by atoms with Gasteiger partial charge in [0.05, 0.1) is 0 Å². The number of ether oxygens (including phenoxy) is 2. The zero-order valence-corrected chi connectivity index (χ0v) is 10.7. The van der Waals surface area contributed by atoms with Crippen molar-refractivity contribution in [2.45, 2.75) is 25.7 Å². The normalized spacial score (nSPS) is 22.3. The Morgan fingerprint density at radius 2 is 2.07 bits per heavy atom. The van der Waals surface area contributed by atoms with Gasteiger partial charge < -0.3 is 13.3 Å². The second-order valence-electron chi connectivity index (χ2n) is 4.22. The molecule has 1 aliphatic rings. The van der Waals surface area contributed by atoms with Gasteiger partial charge in [0.25, 0.3) is 10.1 Å². The lowest BCUT2D eigenvalue weighted by Gasteiger charge is -2.17. The highest BCUT2D eigenvalue weighted by molar-refractivity contribution is 7.87. The highest BCUT2D eigenvalue weighted by Gasteiger charge is 2.33. The van der Waals surface area contributed by atoms with Crippen LogP contribution >= 0.6 is 0 Å². The van der Waals surface area contributed by atoms with E-state index in [0.29, 0.717) is 0 Å². The molecule has 6 nitrogen and oxygen atoms in total. The van der Waals surface area contributed by atoms with E-state index in [0.717, 1.165) is 0 Å². The molecule has 0 spiro atoms. The van der Waals surface area contributed by atoms with E-state index in [-0.39, 0.29) is 12.4 Å². The average Bonchev–Trinajstić information content (AvgIpc) is 2.27. The molecule has 0 bridgehead atoms. The van der Waals surface area contributed by atoms with Gasteiger partial charge in [-0.2, -0.15) is 0 Å². The lowest BCUT2D eigenvalue weighted by Crippen LogP contribution is -2.34. The Kier molecular flexibility index (Phi) is 3.41. The van der Waals surface area contributed by atoms with E-state index in [1.54, 1.807) is 19.6 Å². The molecule has 1 heterocycles. The Morgan fingerprint density at radius 1 is 1.47 bits per heavy atom. The van der Waals surface area contributed by atoms with Gasteiger partial charge >= 0.3 is 6.16 Å². The van der Waals surface area contributed by atoms with E-state index >= 15 is 0 Å². The average molecular weight is 254 g/mol. The molecule has 0 aromatic heterocycles. The lowest BCUT2D eigenvalue weighted by atomic mass is 10.4. The summed E-state index contributed by atoms with van der Waals surface area (Å²) >= 11 is 0. The van der Waals surface area contributed by atoms with E-state index in [9.17, 15) is 13.2 Å². The minimum atomic E-state index is -3.64. The summed E-state index contributed by atoms with van der Waals surface area (Å²) in [6, 6.07) is 0. The largest absolute Gasteiger partial charge is 0.508 e. The van der Waals surface area contributed by atoms with Crippen molar-refractivity contribution in [3.63, 3.8) is 0 Å². The first-order chi connectivity index (χ1) is 6.68. The van der Waals surface area contributed by atoms with Gasteiger partial charge in [-0.15, -0.1) is 0 Å². The summed E-state index contributed by atoms with van der Waals surface area (Å²) < 4.78 is 37.0. The Labute approximate surface area is 89.8 Å². The molecule has 0 aromatic rings. The van der Waals surface area contributed by atoms with Gasteiger partial charge in [-0.25, -0.2) is 13.2 Å². The fourth-order valence-electron chi connectivity index (χ4n) is 1.09. The number of cyclic esters (lactones) is 2. The van der Waals surface area contributed by atoms with Gasteiger partial charge in [0, 0.05) is 0 Å². The van der Waals surface area contributed by atoms with Crippen molar-refractivity contribution < 1.29 is 26.6 Å². The molecule has 0 N–H and O–H groups in total. The summed E-state index contributed by atoms with van der Waals surface area (Å²) in [6.07, 6.45) is -1.58. The minimum Gasteiger partial charge on any atom is -0.430 e. The highest BCUT2D eigenvalue weighted by atomic mass is 32.2. The van der Waals surface area contributed by atoms with Crippen LogP contribution in [0.3, 0.4) is 0 Å². The monoisotopic (exact) mass is 254 g/mol. The first-order valence-electron chi connectivity index (χ1n) is 4.45. The molecule has 0 saturated carbocycles. The van der Waals surface area contributed by atoms with E-state index in [1.807, 2.05) is 0 Å². The van der Waals surface area contributed by atoms with E-state index < -0.39 is 30.7 Å². The molecule has 0 aliphatic carbocycles. The SMILES string of the molecule is C[Si](C)(C)OS(=O)(=O)CC1COC(=O)O1. The molecule has 8 heteroatoms. The summed E-state index contributed by atoms with van der Waals surface area (Å²) in [5, 5.41) is 0. The Bertz CT molecular complexity index is 343. The number of hydrogen-bond acceptors (Lipinski definition) is 6. The molecule has 1 aliphatic heterocycles. The van der Waals surface area contributed by atoms with Crippen LogP contribution in [-0.2, 0) is 23.5 Å². The topological polar surface area (TPSA) is 78.9 Å². The number of carbonyl (C=O) groups excluding carboxylic acids is 1. The van der Waals surface area contributed by atoms with E-state index in [4.69, 9.17) is 3.87 Å². The number of carbonyl (C=O) groups is 1. The van der Waals surface area contributed by atoms with Crippen molar-refractivity contribution in [3.05, 3.63) is 0 Å². The maximum atomic E-state index is 11.5. The predicted molar refractivity (Wildman–Crippen MR) is 54.4 cm³/mol. The predicted octanol–water partition coefficient (Wildman–Crippen LogP) is 0.703. The van der Waals surface area contributed by atoms with Crippen LogP contribution in [0, 0.1) is 0 Å². The van der Waals surface area contributed by atoms with Crippen LogP contribution in [0.4, 0.5) is 4.79 Å². The highest BCUT2D eigenvalue weighted by Crippen LogP contribution is 2.14. The number of rotatable bonds is 4. The Morgan fingerprint density at radius 3 is 2.47 bits per heavy atom. The van der Waals surface area contributed by atoms with Gasteiger partial charge in [-0.05, 0) is 19.6 Å². The third-order valence-corrected chi connectivity index (χ3v) is 5.21. The molecule has 1 unspecified atom stereocenters. The number of hydrogen-bond donors (Lipinski definition) is 0. The minimum absolute atomic E-state index is 0.0346. The molecule has 0 aromatic carbocycles. The van der Waals surface area contributed by atoms with Crippen LogP contribution in [0.1, 0.15) is 0 Å². The summed E-state index contributed by atoms with van der Waals surface area (Å²) in [5.41, 5.74) is 0. The van der Waals surface area contributed by atoms with Crippen LogP contribution in [0.2, 0.25) is 19.6 Å². The molecule has 1 atom stereocenters. The van der Waals surface area contributed by atoms with Crippen molar-refractivity contribution in [1.29, 1.82) is 0 Å². The van der Waals surface area contributed by atoms with Gasteiger partial charge in [0.1, 0.15) is 12.4 Å². The summed E-state index contributed by atoms with van der Waals surface area (Å²) in [5.74, 6) is -0.344. The quantitative estimate of drug-likeness (QED) is 0.543. The van der Waals surface area contributed by atoms with Gasteiger partial charge in [0.15, 0.2) is 6.10 Å². The Hall–Kier alpha value is -0.603. The van der Waals surface area contributed by atoms with Crippen LogP contribution in [0.25, 0.3) is 0 Å². The molecule has 88 valence electrons. The van der Waals surface area contributed by atoms with E-state index in [1.165, 1.54) is 0 Å². The molecule has 0 amide bonds. The van der Waals surface area contributed by atoms with Crippen LogP contribution in [0.5, 0.6) is 0 Å². The molecular formula is C7H14O6SSi. The van der Waals surface area contributed by atoms with Crippen LogP contribution < -0.4 is 0 Å². The van der Waals surface area contributed by atoms with Crippen molar-refractivity contribution in [1.82, 2.24) is 0 Å². The third-order valence-electron chi connectivity index (χ3n) is 1.42. The van der Waals surface area contributed by atoms with Crippen molar-refractivity contribution in [2.75, 3.05) is 12.4 Å². The maximum Gasteiger partial charge on any atom is 0.508 e. The van der Waals surface area contributed by atoms with Gasteiger partial charge in [0.2, 0.25) is 8.32 Å². The maximum absolute atomic E-state index is 11.5.